The molecule has 24 heavy (non-hydrogen) atoms. The van der Waals surface area contributed by atoms with Gasteiger partial charge >= 0.3 is 6.09 Å². The first-order valence-electron chi connectivity index (χ1n) is 7.67. The molecule has 8 heteroatoms. The van der Waals surface area contributed by atoms with Gasteiger partial charge in [-0.1, -0.05) is 13.3 Å². The SMILES string of the molecule is CCCCOc1ccc(F)c(C(Cc2nnc(C)o2)OC(N)=O)c1. The molecule has 1 aromatic carbocycles. The van der Waals surface area contributed by atoms with Gasteiger partial charge in [-0.25, -0.2) is 9.18 Å². The van der Waals surface area contributed by atoms with Gasteiger partial charge in [-0.15, -0.1) is 10.2 Å². The molecule has 0 saturated carbocycles. The molecule has 1 unspecified atom stereocenters. The van der Waals surface area contributed by atoms with Gasteiger partial charge in [0.15, 0.2) is 0 Å². The van der Waals surface area contributed by atoms with E-state index in [1.54, 1.807) is 6.92 Å². The molecule has 0 aliphatic rings. The summed E-state index contributed by atoms with van der Waals surface area (Å²) in [4.78, 5) is 11.2. The molecule has 1 aromatic heterocycles. The van der Waals surface area contributed by atoms with Crippen molar-refractivity contribution in [3.05, 3.63) is 41.4 Å². The van der Waals surface area contributed by atoms with Crippen LogP contribution in [-0.4, -0.2) is 22.9 Å². The second kappa shape index (κ2) is 8.28. The summed E-state index contributed by atoms with van der Waals surface area (Å²) in [6.45, 7) is 4.19. The van der Waals surface area contributed by atoms with Crippen molar-refractivity contribution in [2.45, 2.75) is 39.2 Å². The second-order valence-electron chi connectivity index (χ2n) is 5.23. The van der Waals surface area contributed by atoms with E-state index in [4.69, 9.17) is 19.6 Å². The Kier molecular flexibility index (Phi) is 6.11. The predicted octanol–water partition coefficient (Wildman–Crippen LogP) is 3.08. The Morgan fingerprint density at radius 1 is 1.42 bits per heavy atom. The summed E-state index contributed by atoms with van der Waals surface area (Å²) < 4.78 is 30.1. The van der Waals surface area contributed by atoms with Crippen molar-refractivity contribution in [2.75, 3.05) is 6.61 Å². The van der Waals surface area contributed by atoms with E-state index >= 15 is 0 Å². The number of carbonyl (C=O) groups is 1. The minimum atomic E-state index is -1.02. The summed E-state index contributed by atoms with van der Waals surface area (Å²) in [5.41, 5.74) is 5.23. The highest BCUT2D eigenvalue weighted by Crippen LogP contribution is 2.28. The Balaban J connectivity index is 2.23. The Labute approximate surface area is 139 Å². The molecule has 0 aliphatic carbocycles. The van der Waals surface area contributed by atoms with E-state index in [0.717, 1.165) is 12.8 Å². The van der Waals surface area contributed by atoms with E-state index in [-0.39, 0.29) is 17.9 Å². The Hall–Kier alpha value is -2.64. The van der Waals surface area contributed by atoms with E-state index in [9.17, 15) is 9.18 Å². The fraction of sp³-hybridized carbons (Fsp3) is 0.438. The smallest absolute Gasteiger partial charge is 0.405 e. The molecule has 0 bridgehead atoms. The highest BCUT2D eigenvalue weighted by atomic mass is 19.1. The molecule has 0 aliphatic heterocycles. The average Bonchev–Trinajstić information content (AvgIpc) is 2.93. The summed E-state index contributed by atoms with van der Waals surface area (Å²) in [6.07, 6.45) is -0.128. The van der Waals surface area contributed by atoms with Gasteiger partial charge in [0.2, 0.25) is 11.8 Å². The number of carbonyl (C=O) groups excluding carboxylic acids is 1. The predicted molar refractivity (Wildman–Crippen MR) is 83.0 cm³/mol. The fourth-order valence-corrected chi connectivity index (χ4v) is 2.13. The maximum Gasteiger partial charge on any atom is 0.405 e. The van der Waals surface area contributed by atoms with Gasteiger partial charge in [0.05, 0.1) is 13.0 Å². The number of hydrogen-bond donors (Lipinski definition) is 1. The van der Waals surface area contributed by atoms with Crippen LogP contribution in [0.2, 0.25) is 0 Å². The van der Waals surface area contributed by atoms with E-state index in [0.29, 0.717) is 18.2 Å². The van der Waals surface area contributed by atoms with E-state index in [1.165, 1.54) is 18.2 Å². The zero-order valence-electron chi connectivity index (χ0n) is 13.6. The highest BCUT2D eigenvalue weighted by molar-refractivity contribution is 5.65. The number of ether oxygens (including phenoxy) is 2. The van der Waals surface area contributed by atoms with Gasteiger partial charge in [-0.05, 0) is 24.6 Å². The zero-order chi connectivity index (χ0) is 17.5. The topological polar surface area (TPSA) is 100 Å². The number of unbranched alkanes of at least 4 members (excludes halogenated alkanes) is 1. The van der Waals surface area contributed by atoms with Gasteiger partial charge in [-0.2, -0.15) is 0 Å². The number of halogens is 1. The fourth-order valence-electron chi connectivity index (χ4n) is 2.13. The van der Waals surface area contributed by atoms with Crippen LogP contribution in [0.5, 0.6) is 5.75 Å². The largest absolute Gasteiger partial charge is 0.494 e. The summed E-state index contributed by atoms with van der Waals surface area (Å²) in [6, 6.07) is 4.27. The van der Waals surface area contributed by atoms with Crippen LogP contribution in [0.25, 0.3) is 0 Å². The van der Waals surface area contributed by atoms with Crippen LogP contribution in [0.4, 0.5) is 9.18 Å². The molecule has 2 aromatic rings. The number of amides is 1. The molecule has 2 rings (SSSR count). The molecule has 1 heterocycles. The molecular formula is C16H20FN3O4. The van der Waals surface area contributed by atoms with Crippen molar-refractivity contribution in [2.24, 2.45) is 5.73 Å². The number of nitrogens with two attached hydrogens (primary N) is 1. The maximum absolute atomic E-state index is 14.2. The normalized spacial score (nSPS) is 12.0. The molecule has 1 amide bonds. The first-order valence-corrected chi connectivity index (χ1v) is 7.67. The minimum absolute atomic E-state index is 0.0130. The average molecular weight is 337 g/mol. The number of primary amides is 1. The molecule has 0 saturated heterocycles. The van der Waals surface area contributed by atoms with E-state index in [1.807, 2.05) is 6.92 Å². The van der Waals surface area contributed by atoms with Crippen molar-refractivity contribution in [1.29, 1.82) is 0 Å². The summed E-state index contributed by atoms with van der Waals surface area (Å²) in [5.74, 6) is 0.523. The molecule has 0 radical (unpaired) electrons. The number of benzene rings is 1. The van der Waals surface area contributed by atoms with Crippen molar-refractivity contribution >= 4 is 6.09 Å². The number of aromatic nitrogens is 2. The third-order valence-electron chi connectivity index (χ3n) is 3.27. The van der Waals surface area contributed by atoms with E-state index in [2.05, 4.69) is 10.2 Å². The van der Waals surface area contributed by atoms with Crippen molar-refractivity contribution in [3.8, 4) is 5.75 Å². The third-order valence-corrected chi connectivity index (χ3v) is 3.27. The van der Waals surface area contributed by atoms with E-state index < -0.39 is 18.0 Å². The minimum Gasteiger partial charge on any atom is -0.494 e. The Morgan fingerprint density at radius 2 is 2.21 bits per heavy atom. The van der Waals surface area contributed by atoms with Crippen molar-refractivity contribution < 1.29 is 23.1 Å². The summed E-state index contributed by atoms with van der Waals surface area (Å²) >= 11 is 0. The van der Waals surface area contributed by atoms with Crippen LogP contribution in [0.15, 0.2) is 22.6 Å². The number of nitrogens with zero attached hydrogens (tertiary/aromatic N) is 2. The molecular weight excluding hydrogens is 317 g/mol. The first kappa shape index (κ1) is 17.7. The van der Waals surface area contributed by atoms with Crippen LogP contribution in [0, 0.1) is 12.7 Å². The lowest BCUT2D eigenvalue weighted by atomic mass is 10.1. The molecule has 0 spiro atoms. The van der Waals surface area contributed by atoms with Gasteiger partial charge < -0.3 is 19.6 Å². The third kappa shape index (κ3) is 4.94. The highest BCUT2D eigenvalue weighted by Gasteiger charge is 2.23. The molecule has 2 N–H and O–H groups in total. The quantitative estimate of drug-likeness (QED) is 0.743. The lowest BCUT2D eigenvalue weighted by Crippen LogP contribution is -2.20. The molecule has 0 fully saturated rings. The molecule has 1 atom stereocenters. The monoisotopic (exact) mass is 337 g/mol. The van der Waals surface area contributed by atoms with Crippen molar-refractivity contribution in [1.82, 2.24) is 10.2 Å². The number of aryl methyl sites for hydroxylation is 1. The second-order valence-corrected chi connectivity index (χ2v) is 5.23. The summed E-state index contributed by atoms with van der Waals surface area (Å²) in [7, 11) is 0. The molecule has 7 nitrogen and oxygen atoms in total. The summed E-state index contributed by atoms with van der Waals surface area (Å²) in [5, 5.41) is 7.52. The van der Waals surface area contributed by atoms with Crippen LogP contribution < -0.4 is 10.5 Å². The van der Waals surface area contributed by atoms with Crippen LogP contribution in [-0.2, 0) is 11.2 Å². The van der Waals surface area contributed by atoms with Crippen LogP contribution >= 0.6 is 0 Å². The molecule has 130 valence electrons. The van der Waals surface area contributed by atoms with Crippen molar-refractivity contribution in [3.63, 3.8) is 0 Å². The van der Waals surface area contributed by atoms with Gasteiger partial charge in [0, 0.05) is 12.5 Å². The maximum atomic E-state index is 14.2. The first-order chi connectivity index (χ1) is 11.5. The Morgan fingerprint density at radius 3 is 2.83 bits per heavy atom. The number of hydrogen-bond acceptors (Lipinski definition) is 6. The van der Waals surface area contributed by atoms with Crippen LogP contribution in [0.1, 0.15) is 43.2 Å². The number of rotatable bonds is 8. The standard InChI is InChI=1S/C16H20FN3O4/c1-3-4-7-22-11-5-6-13(17)12(8-11)14(24-16(18)21)9-15-20-19-10(2)23-15/h5-6,8,14H,3-4,7,9H2,1-2H3,(H2,18,21). The van der Waals surface area contributed by atoms with Gasteiger partial charge in [0.25, 0.3) is 0 Å². The van der Waals surface area contributed by atoms with Gasteiger partial charge in [0.1, 0.15) is 17.7 Å². The van der Waals surface area contributed by atoms with Gasteiger partial charge in [-0.3, -0.25) is 0 Å². The lowest BCUT2D eigenvalue weighted by molar-refractivity contribution is 0.0999. The Bertz CT molecular complexity index is 690. The zero-order valence-corrected chi connectivity index (χ0v) is 13.6. The van der Waals surface area contributed by atoms with Crippen LogP contribution in [0.3, 0.4) is 0 Å². The lowest BCUT2D eigenvalue weighted by Gasteiger charge is -2.17.